The normalized spacial score (nSPS) is 11.6. The van der Waals surface area contributed by atoms with E-state index in [1.165, 1.54) is 0 Å². The molecule has 1 N–H and O–H groups in total. The SMILES string of the molecule is COc1ccccc1CCCNC(=O)[C@H](C)Oc1cccc(C)c1. The number of carbonyl (C=O) groups is 1. The van der Waals surface area contributed by atoms with Crippen molar-refractivity contribution in [3.05, 3.63) is 59.7 Å². The van der Waals surface area contributed by atoms with Gasteiger partial charge in [0.05, 0.1) is 7.11 Å². The van der Waals surface area contributed by atoms with E-state index >= 15 is 0 Å². The first-order valence-corrected chi connectivity index (χ1v) is 8.23. The van der Waals surface area contributed by atoms with Crippen LogP contribution in [0.5, 0.6) is 11.5 Å². The van der Waals surface area contributed by atoms with Gasteiger partial charge in [-0.25, -0.2) is 0 Å². The molecule has 128 valence electrons. The number of para-hydroxylation sites is 1. The number of methoxy groups -OCH3 is 1. The van der Waals surface area contributed by atoms with Crippen molar-refractivity contribution in [3.63, 3.8) is 0 Å². The van der Waals surface area contributed by atoms with Gasteiger partial charge in [-0.1, -0.05) is 30.3 Å². The highest BCUT2D eigenvalue weighted by Crippen LogP contribution is 2.18. The van der Waals surface area contributed by atoms with E-state index in [9.17, 15) is 4.79 Å². The predicted molar refractivity (Wildman–Crippen MR) is 95.6 cm³/mol. The molecule has 0 fully saturated rings. The summed E-state index contributed by atoms with van der Waals surface area (Å²) in [4.78, 5) is 12.1. The molecule has 0 aliphatic carbocycles. The van der Waals surface area contributed by atoms with Crippen LogP contribution in [0, 0.1) is 6.92 Å². The van der Waals surface area contributed by atoms with E-state index in [0.29, 0.717) is 12.3 Å². The van der Waals surface area contributed by atoms with Gasteiger partial charge < -0.3 is 14.8 Å². The van der Waals surface area contributed by atoms with Crippen LogP contribution in [0.25, 0.3) is 0 Å². The number of hydrogen-bond donors (Lipinski definition) is 1. The largest absolute Gasteiger partial charge is 0.496 e. The average molecular weight is 327 g/mol. The summed E-state index contributed by atoms with van der Waals surface area (Å²) in [6.07, 6.45) is 1.19. The number of carbonyl (C=O) groups excluding carboxylic acids is 1. The number of amides is 1. The first-order chi connectivity index (χ1) is 11.6. The first-order valence-electron chi connectivity index (χ1n) is 8.23. The van der Waals surface area contributed by atoms with Gasteiger partial charge in [-0.2, -0.15) is 0 Å². The Bertz CT molecular complexity index is 669. The molecule has 24 heavy (non-hydrogen) atoms. The number of ether oxygens (including phenoxy) is 2. The third-order valence-electron chi connectivity index (χ3n) is 3.79. The first kappa shape index (κ1) is 17.9. The fourth-order valence-corrected chi connectivity index (χ4v) is 2.49. The smallest absolute Gasteiger partial charge is 0.260 e. The molecule has 2 aromatic rings. The van der Waals surface area contributed by atoms with E-state index in [2.05, 4.69) is 5.32 Å². The summed E-state index contributed by atoms with van der Waals surface area (Å²) in [6, 6.07) is 15.6. The van der Waals surface area contributed by atoms with Crippen LogP contribution in [0.3, 0.4) is 0 Å². The van der Waals surface area contributed by atoms with Gasteiger partial charge >= 0.3 is 0 Å². The molecule has 0 aromatic heterocycles. The number of rotatable bonds is 8. The summed E-state index contributed by atoms with van der Waals surface area (Å²) in [5, 5.41) is 2.92. The van der Waals surface area contributed by atoms with Gasteiger partial charge in [-0.3, -0.25) is 4.79 Å². The molecule has 0 bridgehead atoms. The van der Waals surface area contributed by atoms with Crippen molar-refractivity contribution in [2.24, 2.45) is 0 Å². The summed E-state index contributed by atoms with van der Waals surface area (Å²) in [7, 11) is 1.67. The molecule has 2 aromatic carbocycles. The zero-order valence-corrected chi connectivity index (χ0v) is 14.5. The molecule has 0 spiro atoms. The number of nitrogens with one attached hydrogen (secondary N) is 1. The van der Waals surface area contributed by atoms with Gasteiger partial charge in [-0.15, -0.1) is 0 Å². The summed E-state index contributed by atoms with van der Waals surface area (Å²) >= 11 is 0. The van der Waals surface area contributed by atoms with E-state index in [-0.39, 0.29) is 5.91 Å². The van der Waals surface area contributed by atoms with Crippen LogP contribution >= 0.6 is 0 Å². The Morgan fingerprint density at radius 2 is 1.96 bits per heavy atom. The topological polar surface area (TPSA) is 47.6 Å². The molecule has 0 saturated heterocycles. The van der Waals surface area contributed by atoms with Crippen molar-refractivity contribution in [1.82, 2.24) is 5.32 Å². The quantitative estimate of drug-likeness (QED) is 0.755. The Balaban J connectivity index is 1.74. The molecule has 0 radical (unpaired) electrons. The molecule has 0 aliphatic rings. The van der Waals surface area contributed by atoms with Crippen molar-refractivity contribution in [1.29, 1.82) is 0 Å². The molecule has 0 aliphatic heterocycles. The van der Waals surface area contributed by atoms with Gasteiger partial charge in [0.15, 0.2) is 6.10 Å². The fourth-order valence-electron chi connectivity index (χ4n) is 2.49. The molecular formula is C20H25NO3. The molecule has 0 unspecified atom stereocenters. The predicted octanol–water partition coefficient (Wildman–Crippen LogP) is 3.52. The van der Waals surface area contributed by atoms with Gasteiger partial charge in [0.1, 0.15) is 11.5 Å². The van der Waals surface area contributed by atoms with Crippen LogP contribution in [0.4, 0.5) is 0 Å². The Labute approximate surface area is 143 Å². The standard InChI is InChI=1S/C20H25NO3/c1-15-8-6-11-18(14-15)24-16(2)20(22)21-13-7-10-17-9-4-5-12-19(17)23-3/h4-6,8-9,11-12,14,16H,7,10,13H2,1-3H3,(H,21,22)/t16-/m0/s1. The molecule has 1 atom stereocenters. The maximum Gasteiger partial charge on any atom is 0.260 e. The highest BCUT2D eigenvalue weighted by atomic mass is 16.5. The lowest BCUT2D eigenvalue weighted by atomic mass is 10.1. The maximum absolute atomic E-state index is 12.1. The molecule has 4 nitrogen and oxygen atoms in total. The van der Waals surface area contributed by atoms with Crippen molar-refractivity contribution in [3.8, 4) is 11.5 Å². The van der Waals surface area contributed by atoms with Crippen LogP contribution < -0.4 is 14.8 Å². The van der Waals surface area contributed by atoms with Crippen molar-refractivity contribution in [2.75, 3.05) is 13.7 Å². The minimum absolute atomic E-state index is 0.100. The van der Waals surface area contributed by atoms with Crippen molar-refractivity contribution < 1.29 is 14.3 Å². The molecule has 0 saturated carbocycles. The van der Waals surface area contributed by atoms with Gasteiger partial charge in [0, 0.05) is 6.54 Å². The van der Waals surface area contributed by atoms with E-state index in [1.807, 2.05) is 55.5 Å². The summed E-state index contributed by atoms with van der Waals surface area (Å²) in [5.41, 5.74) is 2.26. The molecule has 1 amide bonds. The second-order valence-electron chi connectivity index (χ2n) is 5.78. The van der Waals surface area contributed by atoms with Crippen molar-refractivity contribution >= 4 is 5.91 Å². The van der Waals surface area contributed by atoms with Crippen LogP contribution in [-0.2, 0) is 11.2 Å². The van der Waals surface area contributed by atoms with E-state index in [1.54, 1.807) is 14.0 Å². The highest BCUT2D eigenvalue weighted by Gasteiger charge is 2.14. The maximum atomic E-state index is 12.1. The zero-order valence-electron chi connectivity index (χ0n) is 14.5. The summed E-state index contributed by atoms with van der Waals surface area (Å²) in [6.45, 7) is 4.37. The average Bonchev–Trinajstić information content (AvgIpc) is 2.58. The minimum atomic E-state index is -0.516. The Kier molecular flexibility index (Phi) is 6.67. The minimum Gasteiger partial charge on any atom is -0.496 e. The van der Waals surface area contributed by atoms with Crippen molar-refractivity contribution in [2.45, 2.75) is 32.8 Å². The Hall–Kier alpha value is -2.49. The van der Waals surface area contributed by atoms with Gasteiger partial charge in [0.2, 0.25) is 0 Å². The van der Waals surface area contributed by atoms with E-state index in [4.69, 9.17) is 9.47 Å². The monoisotopic (exact) mass is 327 g/mol. The van der Waals surface area contributed by atoms with Crippen LogP contribution in [0.15, 0.2) is 48.5 Å². The lowest BCUT2D eigenvalue weighted by Crippen LogP contribution is -2.36. The molecular weight excluding hydrogens is 302 g/mol. The molecule has 0 heterocycles. The van der Waals surface area contributed by atoms with Crippen LogP contribution in [0.2, 0.25) is 0 Å². The fraction of sp³-hybridized carbons (Fsp3) is 0.350. The van der Waals surface area contributed by atoms with Gasteiger partial charge in [-0.05, 0) is 56.0 Å². The van der Waals surface area contributed by atoms with E-state index < -0.39 is 6.10 Å². The van der Waals surface area contributed by atoms with Crippen LogP contribution in [0.1, 0.15) is 24.5 Å². The third-order valence-corrected chi connectivity index (χ3v) is 3.79. The molecule has 4 heteroatoms. The lowest BCUT2D eigenvalue weighted by molar-refractivity contribution is -0.127. The Morgan fingerprint density at radius 1 is 1.17 bits per heavy atom. The summed E-state index contributed by atoms with van der Waals surface area (Å²) < 4.78 is 11.0. The van der Waals surface area contributed by atoms with E-state index in [0.717, 1.165) is 29.7 Å². The third kappa shape index (κ3) is 5.30. The van der Waals surface area contributed by atoms with Crippen LogP contribution in [-0.4, -0.2) is 25.7 Å². The van der Waals surface area contributed by atoms with Gasteiger partial charge in [0.25, 0.3) is 5.91 Å². The second kappa shape index (κ2) is 8.96. The number of hydrogen-bond acceptors (Lipinski definition) is 3. The Morgan fingerprint density at radius 3 is 2.71 bits per heavy atom. The number of aryl methyl sites for hydroxylation is 2. The number of benzene rings is 2. The molecule has 2 rings (SSSR count). The second-order valence-corrected chi connectivity index (χ2v) is 5.78. The summed E-state index contributed by atoms with van der Waals surface area (Å²) in [5.74, 6) is 1.50. The zero-order chi connectivity index (χ0) is 17.4. The highest BCUT2D eigenvalue weighted by molar-refractivity contribution is 5.80. The lowest BCUT2D eigenvalue weighted by Gasteiger charge is -2.15.